The van der Waals surface area contributed by atoms with Gasteiger partial charge in [-0.25, -0.2) is 0 Å². The fourth-order valence-corrected chi connectivity index (χ4v) is 2.05. The van der Waals surface area contributed by atoms with E-state index in [2.05, 4.69) is 12.2 Å². The number of hydrogen-bond acceptors (Lipinski definition) is 3. The summed E-state index contributed by atoms with van der Waals surface area (Å²) in [6.45, 7) is 2.12. The highest BCUT2D eigenvalue weighted by Crippen LogP contribution is 2.31. The van der Waals surface area contributed by atoms with Gasteiger partial charge in [-0.15, -0.1) is 0 Å². The largest absolute Gasteiger partial charge is 0.495 e. The van der Waals surface area contributed by atoms with E-state index < -0.39 is 0 Å². The second-order valence-electron chi connectivity index (χ2n) is 4.51. The molecule has 0 bridgehead atoms. The second kappa shape index (κ2) is 6.13. The predicted octanol–water partition coefficient (Wildman–Crippen LogP) is 3.76. The van der Waals surface area contributed by atoms with Crippen molar-refractivity contribution in [1.82, 2.24) is 5.32 Å². The van der Waals surface area contributed by atoms with Crippen LogP contribution in [0.4, 0.5) is 0 Å². The zero-order chi connectivity index (χ0) is 13.8. The highest BCUT2D eigenvalue weighted by atomic mass is 35.5. The van der Waals surface area contributed by atoms with Crippen molar-refractivity contribution in [3.05, 3.63) is 41.1 Å². The number of furan rings is 1. The molecule has 0 saturated heterocycles. The summed E-state index contributed by atoms with van der Waals surface area (Å²) in [5.41, 5.74) is 0.963. The van der Waals surface area contributed by atoms with Crippen molar-refractivity contribution in [2.24, 2.45) is 0 Å². The molecular weight excluding hydrogens is 262 g/mol. The van der Waals surface area contributed by atoms with Crippen molar-refractivity contribution in [1.29, 1.82) is 0 Å². The monoisotopic (exact) mass is 279 g/mol. The molecular formula is C15H18ClNO2. The summed E-state index contributed by atoms with van der Waals surface area (Å²) in [4.78, 5) is 0. The number of methoxy groups -OCH3 is 1. The lowest BCUT2D eigenvalue weighted by Gasteiger charge is -2.07. The first-order valence-corrected chi connectivity index (χ1v) is 6.61. The first kappa shape index (κ1) is 14.0. The third-order valence-corrected chi connectivity index (χ3v) is 3.41. The third-order valence-electron chi connectivity index (χ3n) is 3.10. The second-order valence-corrected chi connectivity index (χ2v) is 4.92. The van der Waals surface area contributed by atoms with E-state index in [9.17, 15) is 0 Å². The minimum absolute atomic E-state index is 0.388. The molecule has 0 amide bonds. The van der Waals surface area contributed by atoms with Crippen LogP contribution in [0.15, 0.2) is 34.7 Å². The minimum Gasteiger partial charge on any atom is -0.495 e. The number of likely N-dealkylation sites (N-methyl/N-ethyl adjacent to an activating group) is 1. The molecule has 0 aliphatic heterocycles. The molecule has 1 aromatic carbocycles. The molecule has 3 nitrogen and oxygen atoms in total. The molecule has 0 radical (unpaired) electrons. The summed E-state index contributed by atoms with van der Waals surface area (Å²) >= 11 is 6.01. The van der Waals surface area contributed by atoms with Gasteiger partial charge in [-0.1, -0.05) is 11.6 Å². The number of ether oxygens (including phenoxy) is 1. The summed E-state index contributed by atoms with van der Waals surface area (Å²) in [6, 6.07) is 9.99. The van der Waals surface area contributed by atoms with Crippen LogP contribution in [0, 0.1) is 0 Å². The number of nitrogens with one attached hydrogen (secondary N) is 1. The van der Waals surface area contributed by atoms with E-state index in [1.165, 1.54) is 0 Å². The molecule has 0 fully saturated rings. The van der Waals surface area contributed by atoms with Gasteiger partial charge in [0.2, 0.25) is 0 Å². The van der Waals surface area contributed by atoms with Crippen molar-refractivity contribution in [2.45, 2.75) is 19.4 Å². The Bertz CT molecular complexity index is 551. The Morgan fingerprint density at radius 3 is 2.79 bits per heavy atom. The lowest BCUT2D eigenvalue weighted by molar-refractivity contribution is 0.415. The molecule has 1 heterocycles. The summed E-state index contributed by atoms with van der Waals surface area (Å²) in [6.07, 6.45) is 0.862. The van der Waals surface area contributed by atoms with Gasteiger partial charge in [0, 0.05) is 18.0 Å². The highest BCUT2D eigenvalue weighted by molar-refractivity contribution is 6.32. The molecule has 1 atom stereocenters. The van der Waals surface area contributed by atoms with Gasteiger partial charge in [0.1, 0.15) is 17.3 Å². The maximum Gasteiger partial charge on any atom is 0.138 e. The van der Waals surface area contributed by atoms with Crippen LogP contribution in [0.2, 0.25) is 5.02 Å². The quantitative estimate of drug-likeness (QED) is 0.905. The summed E-state index contributed by atoms with van der Waals surface area (Å²) < 4.78 is 11.1. The van der Waals surface area contributed by atoms with E-state index in [1.807, 2.05) is 37.4 Å². The van der Waals surface area contributed by atoms with Gasteiger partial charge in [-0.05, 0) is 44.3 Å². The average Bonchev–Trinajstić information content (AvgIpc) is 2.87. The molecule has 1 unspecified atom stereocenters. The van der Waals surface area contributed by atoms with E-state index in [4.69, 9.17) is 20.8 Å². The molecule has 1 N–H and O–H groups in total. The fourth-order valence-electron chi connectivity index (χ4n) is 1.86. The van der Waals surface area contributed by atoms with Crippen LogP contribution in [-0.4, -0.2) is 20.2 Å². The fraction of sp³-hybridized carbons (Fsp3) is 0.333. The maximum atomic E-state index is 6.01. The topological polar surface area (TPSA) is 34.4 Å². The van der Waals surface area contributed by atoms with E-state index in [1.54, 1.807) is 7.11 Å². The van der Waals surface area contributed by atoms with Crippen LogP contribution in [0.25, 0.3) is 11.3 Å². The summed E-state index contributed by atoms with van der Waals surface area (Å²) in [7, 11) is 3.55. The molecule has 1 aromatic heterocycles. The molecule has 0 spiro atoms. The van der Waals surface area contributed by atoms with Crippen LogP contribution in [-0.2, 0) is 6.42 Å². The molecule has 2 rings (SSSR count). The minimum atomic E-state index is 0.388. The molecule has 4 heteroatoms. The van der Waals surface area contributed by atoms with Crippen molar-refractivity contribution in [3.63, 3.8) is 0 Å². The van der Waals surface area contributed by atoms with Gasteiger partial charge >= 0.3 is 0 Å². The predicted molar refractivity (Wildman–Crippen MR) is 77.9 cm³/mol. The van der Waals surface area contributed by atoms with Crippen molar-refractivity contribution >= 4 is 11.6 Å². The van der Waals surface area contributed by atoms with Gasteiger partial charge in [-0.2, -0.15) is 0 Å². The average molecular weight is 280 g/mol. The van der Waals surface area contributed by atoms with Gasteiger partial charge in [-0.3, -0.25) is 0 Å². The number of hydrogen-bond donors (Lipinski definition) is 1. The van der Waals surface area contributed by atoms with Crippen LogP contribution in [0.5, 0.6) is 5.75 Å². The molecule has 2 aromatic rings. The Kier molecular flexibility index (Phi) is 4.51. The summed E-state index contributed by atoms with van der Waals surface area (Å²) in [5.74, 6) is 2.44. The Morgan fingerprint density at radius 2 is 2.11 bits per heavy atom. The Morgan fingerprint density at radius 1 is 1.32 bits per heavy atom. The van der Waals surface area contributed by atoms with Crippen LogP contribution in [0.3, 0.4) is 0 Å². The maximum absolute atomic E-state index is 6.01. The normalized spacial score (nSPS) is 12.4. The SMILES string of the molecule is CNC(C)Cc1ccc(-c2ccc(Cl)c(OC)c2)o1. The molecule has 0 saturated carbocycles. The Labute approximate surface area is 118 Å². The van der Waals surface area contributed by atoms with Gasteiger partial charge in [0.25, 0.3) is 0 Å². The number of halogens is 1. The smallest absolute Gasteiger partial charge is 0.138 e. The highest BCUT2D eigenvalue weighted by Gasteiger charge is 2.09. The van der Waals surface area contributed by atoms with Gasteiger partial charge < -0.3 is 14.5 Å². The van der Waals surface area contributed by atoms with Crippen LogP contribution in [0.1, 0.15) is 12.7 Å². The van der Waals surface area contributed by atoms with E-state index in [-0.39, 0.29) is 0 Å². The molecule has 0 aliphatic carbocycles. The Balaban J connectivity index is 2.22. The standard InChI is InChI=1S/C15H18ClNO2/c1-10(17-2)8-12-5-7-14(19-12)11-4-6-13(16)15(9-11)18-3/h4-7,9-10,17H,8H2,1-3H3. The lowest BCUT2D eigenvalue weighted by Crippen LogP contribution is -2.23. The van der Waals surface area contributed by atoms with Crippen molar-refractivity contribution in [2.75, 3.05) is 14.2 Å². The summed E-state index contributed by atoms with van der Waals surface area (Å²) in [5, 5.41) is 3.79. The van der Waals surface area contributed by atoms with Gasteiger partial charge in [0.05, 0.1) is 12.1 Å². The zero-order valence-electron chi connectivity index (χ0n) is 11.4. The van der Waals surface area contributed by atoms with Crippen molar-refractivity contribution in [3.8, 4) is 17.1 Å². The third kappa shape index (κ3) is 3.31. The molecule has 102 valence electrons. The van der Waals surface area contributed by atoms with Crippen LogP contribution < -0.4 is 10.1 Å². The van der Waals surface area contributed by atoms with E-state index in [0.29, 0.717) is 16.8 Å². The van der Waals surface area contributed by atoms with E-state index >= 15 is 0 Å². The molecule has 0 aliphatic rings. The number of rotatable bonds is 5. The lowest BCUT2D eigenvalue weighted by atomic mass is 10.1. The van der Waals surface area contributed by atoms with Crippen LogP contribution >= 0.6 is 11.6 Å². The van der Waals surface area contributed by atoms with Gasteiger partial charge in [0.15, 0.2) is 0 Å². The first-order chi connectivity index (χ1) is 9.13. The van der Waals surface area contributed by atoms with E-state index in [0.717, 1.165) is 23.5 Å². The number of benzene rings is 1. The Hall–Kier alpha value is -1.45. The molecule has 19 heavy (non-hydrogen) atoms. The zero-order valence-corrected chi connectivity index (χ0v) is 12.1. The van der Waals surface area contributed by atoms with Crippen molar-refractivity contribution < 1.29 is 9.15 Å². The first-order valence-electron chi connectivity index (χ1n) is 6.24.